The highest BCUT2D eigenvalue weighted by Gasteiger charge is 2.35. The quantitative estimate of drug-likeness (QED) is 0.378. The van der Waals surface area contributed by atoms with Crippen molar-refractivity contribution in [2.24, 2.45) is 0 Å². The van der Waals surface area contributed by atoms with Gasteiger partial charge in [0.25, 0.3) is 5.75 Å². The summed E-state index contributed by atoms with van der Waals surface area (Å²) in [5, 5.41) is 32.2. The summed E-state index contributed by atoms with van der Waals surface area (Å²) < 4.78 is 6.09. The first-order valence-electron chi connectivity index (χ1n) is 7.10. The lowest BCUT2D eigenvalue weighted by molar-refractivity contribution is -0.394. The number of fused-ring (bicyclic) bond motifs is 1. The van der Waals surface area contributed by atoms with E-state index >= 15 is 0 Å². The number of nitro benzene ring substituents is 2. The average Bonchev–Trinajstić information content (AvgIpc) is 2.89. The van der Waals surface area contributed by atoms with Crippen LogP contribution < -0.4 is 0 Å². The van der Waals surface area contributed by atoms with E-state index in [9.17, 15) is 30.1 Å². The molecule has 0 aliphatic rings. The van der Waals surface area contributed by atoms with Crippen LogP contribution in [-0.2, 0) is 0 Å². The molecular weight excluding hydrogens is 412 g/mol. The van der Waals surface area contributed by atoms with E-state index in [1.165, 1.54) is 19.1 Å². The molecule has 1 heterocycles. The van der Waals surface area contributed by atoms with E-state index in [0.29, 0.717) is 0 Å². The van der Waals surface area contributed by atoms with Crippen molar-refractivity contribution in [2.75, 3.05) is 0 Å². The number of nitrogens with zero attached hydrogens (tertiary/aromatic N) is 2. The number of carbonyl (C=O) groups excluding carboxylic acids is 1. The predicted molar refractivity (Wildman–Crippen MR) is 93.5 cm³/mol. The number of halogens is 1. The average molecular weight is 421 g/mol. The molecule has 0 amide bonds. The Balaban J connectivity index is 2.36. The zero-order valence-corrected chi connectivity index (χ0v) is 14.6. The number of hydrogen-bond donors (Lipinski definition) is 1. The molecule has 0 fully saturated rings. The molecule has 3 rings (SSSR count). The van der Waals surface area contributed by atoms with Gasteiger partial charge in [-0.2, -0.15) is 0 Å². The molecular formula is C16H9BrN2O7. The van der Waals surface area contributed by atoms with Gasteiger partial charge >= 0.3 is 11.4 Å². The van der Waals surface area contributed by atoms with E-state index in [1.54, 1.807) is 12.1 Å². The third-order valence-corrected chi connectivity index (χ3v) is 4.32. The summed E-state index contributed by atoms with van der Waals surface area (Å²) >= 11 is 3.24. The fourth-order valence-corrected chi connectivity index (χ4v) is 2.94. The summed E-state index contributed by atoms with van der Waals surface area (Å²) in [5.74, 6) is -1.64. The first-order valence-corrected chi connectivity index (χ1v) is 7.89. The van der Waals surface area contributed by atoms with Gasteiger partial charge in [0, 0.05) is 10.0 Å². The number of furan rings is 1. The van der Waals surface area contributed by atoms with Gasteiger partial charge in [0.2, 0.25) is 0 Å². The summed E-state index contributed by atoms with van der Waals surface area (Å²) in [5.41, 5.74) is -1.92. The molecule has 0 atom stereocenters. The zero-order valence-electron chi connectivity index (χ0n) is 13.1. The number of aromatic hydroxyl groups is 1. The van der Waals surface area contributed by atoms with Crippen molar-refractivity contribution in [3.05, 3.63) is 71.9 Å². The highest BCUT2D eigenvalue weighted by molar-refractivity contribution is 9.10. The molecule has 0 spiro atoms. The summed E-state index contributed by atoms with van der Waals surface area (Å²) in [6.07, 6.45) is 0. The molecule has 0 unspecified atom stereocenters. The Labute approximate surface area is 153 Å². The maximum Gasteiger partial charge on any atom is 0.329 e. The smallest absolute Gasteiger partial charge is 0.329 e. The molecule has 0 saturated heterocycles. The first kappa shape index (κ1) is 17.5. The highest BCUT2D eigenvalue weighted by Crippen LogP contribution is 2.45. The molecule has 0 bridgehead atoms. The van der Waals surface area contributed by atoms with E-state index in [4.69, 9.17) is 4.42 Å². The van der Waals surface area contributed by atoms with E-state index in [-0.39, 0.29) is 27.9 Å². The van der Waals surface area contributed by atoms with Gasteiger partial charge in [-0.25, -0.2) is 0 Å². The van der Waals surface area contributed by atoms with Gasteiger partial charge in [0.1, 0.15) is 16.7 Å². The minimum Gasteiger partial charge on any atom is -0.497 e. The van der Waals surface area contributed by atoms with Gasteiger partial charge in [-0.1, -0.05) is 15.9 Å². The van der Waals surface area contributed by atoms with Crippen LogP contribution >= 0.6 is 15.9 Å². The topological polar surface area (TPSA) is 137 Å². The Morgan fingerprint density at radius 3 is 2.31 bits per heavy atom. The Kier molecular flexibility index (Phi) is 4.20. The molecule has 1 aromatic heterocycles. The summed E-state index contributed by atoms with van der Waals surface area (Å²) in [4.78, 5) is 33.4. The summed E-state index contributed by atoms with van der Waals surface area (Å²) in [6, 6.07) is 7.15. The minimum atomic E-state index is -1.13. The number of phenolic OH excluding ortho intramolecular Hbond substituents is 1. The Bertz CT molecular complexity index is 1090. The highest BCUT2D eigenvalue weighted by atomic mass is 79.9. The molecule has 0 aliphatic heterocycles. The van der Waals surface area contributed by atoms with Crippen LogP contribution in [0.3, 0.4) is 0 Å². The molecule has 9 nitrogen and oxygen atoms in total. The second-order valence-corrected chi connectivity index (χ2v) is 6.27. The van der Waals surface area contributed by atoms with Gasteiger partial charge in [-0.05, 0) is 31.2 Å². The van der Waals surface area contributed by atoms with E-state index in [2.05, 4.69) is 15.9 Å². The molecule has 1 N–H and O–H groups in total. The molecule has 0 saturated carbocycles. The third kappa shape index (κ3) is 2.69. The third-order valence-electron chi connectivity index (χ3n) is 3.80. The lowest BCUT2D eigenvalue weighted by atomic mass is 9.99. The van der Waals surface area contributed by atoms with Crippen LogP contribution in [0.25, 0.3) is 11.0 Å². The van der Waals surface area contributed by atoms with Crippen LogP contribution in [0.4, 0.5) is 11.4 Å². The van der Waals surface area contributed by atoms with Gasteiger partial charge in [-0.15, -0.1) is 0 Å². The lowest BCUT2D eigenvalue weighted by Gasteiger charge is -2.03. The van der Waals surface area contributed by atoms with Crippen molar-refractivity contribution in [3.8, 4) is 5.75 Å². The Morgan fingerprint density at radius 1 is 1.15 bits per heavy atom. The number of rotatable bonds is 4. The second kappa shape index (κ2) is 6.23. The molecule has 0 radical (unpaired) electrons. The van der Waals surface area contributed by atoms with Crippen molar-refractivity contribution >= 4 is 44.1 Å². The number of aryl methyl sites for hydroxylation is 1. The standard InChI is InChI=1S/C16H9BrN2O7/c1-7-12(15(20)8-2-4-9(17)5-3-8)13-11(26-7)6-10(18(22)23)16(21)14(13)19(24)25/h2-6,21H,1H3. The van der Waals surface area contributed by atoms with Gasteiger partial charge in [0.15, 0.2) is 5.78 Å². The van der Waals surface area contributed by atoms with Crippen LogP contribution in [0.5, 0.6) is 5.75 Å². The molecule has 2 aromatic carbocycles. The van der Waals surface area contributed by atoms with Crippen LogP contribution in [0, 0.1) is 27.2 Å². The van der Waals surface area contributed by atoms with E-state index < -0.39 is 32.8 Å². The number of ketones is 1. The number of phenols is 1. The largest absolute Gasteiger partial charge is 0.497 e. The Hall–Kier alpha value is -3.27. The normalized spacial score (nSPS) is 10.8. The summed E-state index contributed by atoms with van der Waals surface area (Å²) in [6.45, 7) is 1.42. The summed E-state index contributed by atoms with van der Waals surface area (Å²) in [7, 11) is 0. The van der Waals surface area contributed by atoms with Gasteiger partial charge < -0.3 is 9.52 Å². The van der Waals surface area contributed by atoms with Gasteiger partial charge in [0.05, 0.1) is 21.5 Å². The van der Waals surface area contributed by atoms with Gasteiger partial charge in [-0.3, -0.25) is 25.0 Å². The lowest BCUT2D eigenvalue weighted by Crippen LogP contribution is -2.04. The molecule has 10 heteroatoms. The molecule has 26 heavy (non-hydrogen) atoms. The van der Waals surface area contributed by atoms with E-state index in [0.717, 1.165) is 10.5 Å². The van der Waals surface area contributed by atoms with Crippen LogP contribution in [0.1, 0.15) is 21.7 Å². The molecule has 3 aromatic rings. The van der Waals surface area contributed by atoms with Crippen molar-refractivity contribution in [1.82, 2.24) is 0 Å². The van der Waals surface area contributed by atoms with Crippen LogP contribution in [-0.4, -0.2) is 20.7 Å². The van der Waals surface area contributed by atoms with Crippen LogP contribution in [0.2, 0.25) is 0 Å². The van der Waals surface area contributed by atoms with Crippen LogP contribution in [0.15, 0.2) is 39.2 Å². The predicted octanol–water partition coefficient (Wildman–Crippen LogP) is 4.26. The zero-order chi connectivity index (χ0) is 19.2. The SMILES string of the molecule is Cc1oc2cc([N+](=O)[O-])c(O)c([N+](=O)[O-])c2c1C(=O)c1ccc(Br)cc1. The van der Waals surface area contributed by atoms with E-state index in [1.807, 2.05) is 0 Å². The molecule has 132 valence electrons. The van der Waals surface area contributed by atoms with Crippen molar-refractivity contribution < 1.29 is 24.2 Å². The maximum atomic E-state index is 12.8. The Morgan fingerprint density at radius 2 is 1.77 bits per heavy atom. The second-order valence-electron chi connectivity index (χ2n) is 5.35. The molecule has 0 aliphatic carbocycles. The van der Waals surface area contributed by atoms with Crippen molar-refractivity contribution in [2.45, 2.75) is 6.92 Å². The maximum absolute atomic E-state index is 12.8. The fourth-order valence-electron chi connectivity index (χ4n) is 2.67. The van der Waals surface area contributed by atoms with Crippen molar-refractivity contribution in [3.63, 3.8) is 0 Å². The van der Waals surface area contributed by atoms with Crippen molar-refractivity contribution in [1.29, 1.82) is 0 Å². The number of carbonyl (C=O) groups is 1. The number of nitro groups is 2. The minimum absolute atomic E-state index is 0.0518. The number of hydrogen-bond acceptors (Lipinski definition) is 7. The monoisotopic (exact) mass is 420 g/mol. The number of benzene rings is 2. The first-order chi connectivity index (χ1) is 12.2. The fraction of sp³-hybridized carbons (Fsp3) is 0.0625.